The number of rotatable bonds is 2. The summed E-state index contributed by atoms with van der Waals surface area (Å²) in [5.74, 6) is -0.954. The molecule has 84 valence electrons. The molecule has 1 aliphatic heterocycles. The molecular formula is C8H16O6. The molecule has 6 nitrogen and oxygen atoms in total. The largest absolute Gasteiger partial charge is 0.396 e. The zero-order valence-electron chi connectivity index (χ0n) is 7.87. The third-order valence-electron chi connectivity index (χ3n) is 2.67. The van der Waals surface area contributed by atoms with Crippen molar-refractivity contribution in [2.75, 3.05) is 13.2 Å². The first kappa shape index (κ1) is 11.8. The summed E-state index contributed by atoms with van der Waals surface area (Å²) >= 11 is 0. The molecule has 5 atom stereocenters. The average molecular weight is 208 g/mol. The Bertz CT molecular complexity index is 198. The first-order valence-corrected chi connectivity index (χ1v) is 4.40. The fourth-order valence-electron chi connectivity index (χ4n) is 1.53. The summed E-state index contributed by atoms with van der Waals surface area (Å²) in [6, 6.07) is 0. The summed E-state index contributed by atoms with van der Waals surface area (Å²) in [7, 11) is 0. The van der Waals surface area contributed by atoms with Gasteiger partial charge in [-0.2, -0.15) is 0 Å². The van der Waals surface area contributed by atoms with E-state index in [0.29, 0.717) is 0 Å². The summed E-state index contributed by atoms with van der Waals surface area (Å²) in [5, 5.41) is 46.2. The van der Waals surface area contributed by atoms with Crippen LogP contribution in [0.4, 0.5) is 0 Å². The Morgan fingerprint density at radius 1 is 1.21 bits per heavy atom. The minimum Gasteiger partial charge on any atom is -0.396 e. The molecule has 1 rings (SSSR count). The topological polar surface area (TPSA) is 110 Å². The van der Waals surface area contributed by atoms with E-state index in [1.54, 1.807) is 0 Å². The van der Waals surface area contributed by atoms with Crippen molar-refractivity contribution >= 4 is 0 Å². The van der Waals surface area contributed by atoms with Crippen molar-refractivity contribution in [3.63, 3.8) is 0 Å². The number of hydrogen-bond acceptors (Lipinski definition) is 6. The molecule has 0 radical (unpaired) electrons. The standard InChI is InChI=1S/C8H16O6/c1-8(3-10)6(12)5(11)4(2-9)7(13)14-8/h4-7,9-13H,2-3H2,1H3/t4?,5?,6-,7-,8?/m1/s1. The summed E-state index contributed by atoms with van der Waals surface area (Å²) in [5.41, 5.74) is -1.40. The molecule has 6 heteroatoms. The van der Waals surface area contributed by atoms with Crippen LogP contribution in [0.15, 0.2) is 0 Å². The summed E-state index contributed by atoms with van der Waals surface area (Å²) < 4.78 is 4.94. The molecule has 0 saturated carbocycles. The number of hydrogen-bond donors (Lipinski definition) is 5. The SMILES string of the molecule is CC1(CO)O[C@@H](O)C(CO)C(O)[C@H]1O. The van der Waals surface area contributed by atoms with E-state index >= 15 is 0 Å². The molecule has 14 heavy (non-hydrogen) atoms. The van der Waals surface area contributed by atoms with Gasteiger partial charge in [-0.1, -0.05) is 0 Å². The molecule has 1 fully saturated rings. The minimum atomic E-state index is -1.40. The summed E-state index contributed by atoms with van der Waals surface area (Å²) in [4.78, 5) is 0. The second kappa shape index (κ2) is 4.09. The number of aliphatic hydroxyl groups is 5. The lowest BCUT2D eigenvalue weighted by Crippen LogP contribution is -2.63. The lowest BCUT2D eigenvalue weighted by Gasteiger charge is -2.45. The number of aliphatic hydroxyl groups excluding tert-OH is 5. The molecular weight excluding hydrogens is 192 g/mol. The van der Waals surface area contributed by atoms with Gasteiger partial charge in [-0.05, 0) is 6.92 Å². The van der Waals surface area contributed by atoms with Gasteiger partial charge in [-0.25, -0.2) is 0 Å². The molecule has 0 aromatic heterocycles. The second-order valence-electron chi connectivity index (χ2n) is 3.76. The Morgan fingerprint density at radius 3 is 2.21 bits per heavy atom. The van der Waals surface area contributed by atoms with Crippen molar-refractivity contribution in [1.82, 2.24) is 0 Å². The van der Waals surface area contributed by atoms with Crippen LogP contribution in [-0.4, -0.2) is 62.8 Å². The molecule has 0 aromatic rings. The van der Waals surface area contributed by atoms with Crippen molar-refractivity contribution < 1.29 is 30.3 Å². The molecule has 1 saturated heterocycles. The normalized spacial score (nSPS) is 49.3. The fourth-order valence-corrected chi connectivity index (χ4v) is 1.53. The van der Waals surface area contributed by atoms with Gasteiger partial charge in [0.2, 0.25) is 0 Å². The molecule has 0 aromatic carbocycles. The molecule has 0 amide bonds. The highest BCUT2D eigenvalue weighted by Gasteiger charge is 2.50. The van der Waals surface area contributed by atoms with Crippen molar-refractivity contribution in [3.8, 4) is 0 Å². The van der Waals surface area contributed by atoms with Crippen LogP contribution in [0.3, 0.4) is 0 Å². The summed E-state index contributed by atoms with van der Waals surface area (Å²) in [6.45, 7) is 0.346. The van der Waals surface area contributed by atoms with Crippen LogP contribution < -0.4 is 0 Å². The fraction of sp³-hybridized carbons (Fsp3) is 1.00. The predicted octanol–water partition coefficient (Wildman–Crippen LogP) is -2.58. The van der Waals surface area contributed by atoms with Crippen LogP contribution in [0.2, 0.25) is 0 Å². The first-order chi connectivity index (χ1) is 6.46. The van der Waals surface area contributed by atoms with Crippen molar-refractivity contribution in [1.29, 1.82) is 0 Å². The zero-order valence-corrected chi connectivity index (χ0v) is 7.87. The first-order valence-electron chi connectivity index (χ1n) is 4.40. The Balaban J connectivity index is 2.83. The van der Waals surface area contributed by atoms with Gasteiger partial charge < -0.3 is 30.3 Å². The van der Waals surface area contributed by atoms with E-state index in [1.807, 2.05) is 0 Å². The van der Waals surface area contributed by atoms with E-state index in [9.17, 15) is 15.3 Å². The van der Waals surface area contributed by atoms with E-state index in [-0.39, 0.29) is 0 Å². The predicted molar refractivity (Wildman–Crippen MR) is 45.2 cm³/mol. The van der Waals surface area contributed by atoms with E-state index in [0.717, 1.165) is 0 Å². The smallest absolute Gasteiger partial charge is 0.163 e. The lowest BCUT2D eigenvalue weighted by molar-refractivity contribution is -0.312. The van der Waals surface area contributed by atoms with Gasteiger partial charge in [-0.3, -0.25) is 0 Å². The van der Waals surface area contributed by atoms with Gasteiger partial charge in [0.25, 0.3) is 0 Å². The van der Waals surface area contributed by atoms with E-state index < -0.39 is 43.2 Å². The number of ether oxygens (including phenoxy) is 1. The quantitative estimate of drug-likeness (QED) is 0.341. The Labute approximate surface area is 81.4 Å². The maximum absolute atomic E-state index is 9.56. The minimum absolute atomic E-state index is 0.499. The Morgan fingerprint density at radius 2 is 1.79 bits per heavy atom. The van der Waals surface area contributed by atoms with Gasteiger partial charge in [-0.15, -0.1) is 0 Å². The molecule has 0 spiro atoms. The van der Waals surface area contributed by atoms with Crippen LogP contribution in [0.5, 0.6) is 0 Å². The molecule has 5 N–H and O–H groups in total. The van der Waals surface area contributed by atoms with Crippen LogP contribution in [0, 0.1) is 5.92 Å². The monoisotopic (exact) mass is 208 g/mol. The third kappa shape index (κ3) is 1.77. The highest BCUT2D eigenvalue weighted by molar-refractivity contribution is 4.96. The molecule has 3 unspecified atom stereocenters. The second-order valence-corrected chi connectivity index (χ2v) is 3.76. The molecule has 1 aliphatic rings. The molecule has 0 bridgehead atoms. The highest BCUT2D eigenvalue weighted by Crippen LogP contribution is 2.31. The maximum Gasteiger partial charge on any atom is 0.163 e. The lowest BCUT2D eigenvalue weighted by atomic mass is 9.84. The van der Waals surface area contributed by atoms with Crippen LogP contribution in [-0.2, 0) is 4.74 Å². The maximum atomic E-state index is 9.56. The van der Waals surface area contributed by atoms with Crippen molar-refractivity contribution in [2.24, 2.45) is 5.92 Å². The summed E-state index contributed by atoms with van der Waals surface area (Å²) in [6.07, 6.45) is -4.05. The Hall–Kier alpha value is -0.240. The van der Waals surface area contributed by atoms with Gasteiger partial charge >= 0.3 is 0 Å². The molecule has 1 heterocycles. The van der Waals surface area contributed by atoms with Crippen LogP contribution >= 0.6 is 0 Å². The van der Waals surface area contributed by atoms with E-state index in [2.05, 4.69) is 0 Å². The van der Waals surface area contributed by atoms with Gasteiger partial charge in [0.05, 0.1) is 25.2 Å². The van der Waals surface area contributed by atoms with E-state index in [4.69, 9.17) is 14.9 Å². The van der Waals surface area contributed by atoms with Gasteiger partial charge in [0.1, 0.15) is 11.7 Å². The van der Waals surface area contributed by atoms with Gasteiger partial charge in [0, 0.05) is 0 Å². The van der Waals surface area contributed by atoms with Gasteiger partial charge in [0.15, 0.2) is 6.29 Å². The Kier molecular flexibility index (Phi) is 3.46. The van der Waals surface area contributed by atoms with Crippen LogP contribution in [0.1, 0.15) is 6.92 Å². The zero-order chi connectivity index (χ0) is 10.9. The average Bonchev–Trinajstić information content (AvgIpc) is 2.15. The molecule has 0 aliphatic carbocycles. The van der Waals surface area contributed by atoms with E-state index in [1.165, 1.54) is 6.92 Å². The van der Waals surface area contributed by atoms with Crippen molar-refractivity contribution in [3.05, 3.63) is 0 Å². The van der Waals surface area contributed by atoms with Crippen molar-refractivity contribution in [2.45, 2.75) is 31.0 Å². The van der Waals surface area contributed by atoms with Crippen LogP contribution in [0.25, 0.3) is 0 Å². The third-order valence-corrected chi connectivity index (χ3v) is 2.67. The highest BCUT2D eigenvalue weighted by atomic mass is 16.6.